The Balaban J connectivity index is 2.34. The Bertz CT molecular complexity index is 1040. The molecule has 176 valence electrons. The van der Waals surface area contributed by atoms with Crippen LogP contribution in [-0.2, 0) is 20.9 Å². The van der Waals surface area contributed by atoms with Crippen molar-refractivity contribution in [1.82, 2.24) is 9.80 Å². The third-order valence-corrected chi connectivity index (χ3v) is 5.69. The number of ketones is 1. The number of hydrogen-bond donors (Lipinski definition) is 0. The van der Waals surface area contributed by atoms with Crippen molar-refractivity contribution >= 4 is 29.2 Å². The average Bonchev–Trinajstić information content (AvgIpc) is 2.78. The van der Waals surface area contributed by atoms with Crippen molar-refractivity contribution in [2.45, 2.75) is 46.7 Å². The monoisotopic (exact) mass is 451 g/mol. The minimum atomic E-state index is -0.749. The van der Waals surface area contributed by atoms with Crippen LogP contribution < -0.4 is 4.90 Å². The number of benzene rings is 2. The number of carbonyl (C=O) groups is 4. The zero-order chi connectivity index (χ0) is 24.9. The molecule has 0 unspecified atom stereocenters. The third-order valence-electron chi connectivity index (χ3n) is 5.69. The van der Waals surface area contributed by atoms with E-state index in [9.17, 15) is 19.2 Å². The molecule has 0 aliphatic rings. The predicted octanol–water partition coefficient (Wildman–Crippen LogP) is 3.36. The van der Waals surface area contributed by atoms with Gasteiger partial charge in [-0.15, -0.1) is 0 Å². The summed E-state index contributed by atoms with van der Waals surface area (Å²) in [6.07, 6.45) is -0.529. The van der Waals surface area contributed by atoms with Gasteiger partial charge in [0.15, 0.2) is 0 Å². The largest absolute Gasteiger partial charge is 0.345 e. The molecule has 0 heterocycles. The van der Waals surface area contributed by atoms with Crippen molar-refractivity contribution in [1.29, 1.82) is 0 Å². The fourth-order valence-electron chi connectivity index (χ4n) is 3.19. The van der Waals surface area contributed by atoms with E-state index >= 15 is 0 Å². The second-order valence-corrected chi connectivity index (χ2v) is 8.75. The van der Waals surface area contributed by atoms with Crippen LogP contribution in [0.3, 0.4) is 0 Å². The number of aryl methyl sites for hydroxylation is 2. The van der Waals surface area contributed by atoms with Gasteiger partial charge in [0.2, 0.25) is 11.7 Å². The SMILES string of the molecule is Cc1ccc(CN(C(=O)CC(=O)C(=O)N(C)C(C)C)c2ccc(C(=O)N(C)C)cc2)cc1C. The van der Waals surface area contributed by atoms with E-state index in [1.807, 2.05) is 32.0 Å². The Morgan fingerprint density at radius 3 is 1.97 bits per heavy atom. The minimum absolute atomic E-state index is 0.147. The molecule has 0 aromatic heterocycles. The van der Waals surface area contributed by atoms with E-state index in [1.165, 1.54) is 14.7 Å². The van der Waals surface area contributed by atoms with Crippen LogP contribution in [0.15, 0.2) is 42.5 Å². The van der Waals surface area contributed by atoms with Crippen LogP contribution in [0, 0.1) is 13.8 Å². The lowest BCUT2D eigenvalue weighted by Gasteiger charge is -2.25. The van der Waals surface area contributed by atoms with Crippen LogP contribution in [0.25, 0.3) is 0 Å². The third kappa shape index (κ3) is 6.51. The summed E-state index contributed by atoms with van der Waals surface area (Å²) in [6, 6.07) is 12.4. The van der Waals surface area contributed by atoms with Crippen molar-refractivity contribution in [2.24, 2.45) is 0 Å². The number of Topliss-reactive ketones (excluding diaryl/α,β-unsaturated/α-hetero) is 1. The molecule has 7 heteroatoms. The number of nitrogens with zero attached hydrogens (tertiary/aromatic N) is 3. The van der Waals surface area contributed by atoms with E-state index in [-0.39, 0.29) is 18.5 Å². The van der Waals surface area contributed by atoms with Gasteiger partial charge < -0.3 is 14.7 Å². The second kappa shape index (κ2) is 10.9. The van der Waals surface area contributed by atoms with Crippen molar-refractivity contribution in [3.05, 3.63) is 64.7 Å². The first kappa shape index (κ1) is 25.8. The molecule has 0 spiro atoms. The Labute approximate surface area is 196 Å². The van der Waals surface area contributed by atoms with Gasteiger partial charge in [0.05, 0.1) is 13.0 Å². The van der Waals surface area contributed by atoms with Crippen molar-refractivity contribution < 1.29 is 19.2 Å². The molecule has 0 aliphatic carbocycles. The predicted molar refractivity (Wildman–Crippen MR) is 129 cm³/mol. The second-order valence-electron chi connectivity index (χ2n) is 8.75. The molecule has 2 rings (SSSR count). The number of likely N-dealkylation sites (N-methyl/N-ethyl adjacent to an activating group) is 1. The zero-order valence-corrected chi connectivity index (χ0v) is 20.5. The van der Waals surface area contributed by atoms with Crippen LogP contribution in [-0.4, -0.2) is 60.5 Å². The van der Waals surface area contributed by atoms with Crippen molar-refractivity contribution in [3.8, 4) is 0 Å². The maximum atomic E-state index is 13.2. The van der Waals surface area contributed by atoms with Crippen molar-refractivity contribution in [2.75, 3.05) is 26.0 Å². The summed E-state index contributed by atoms with van der Waals surface area (Å²) in [6.45, 7) is 7.85. The Kier molecular flexibility index (Phi) is 8.51. The molecule has 0 bridgehead atoms. The highest BCUT2D eigenvalue weighted by Gasteiger charge is 2.26. The molecular formula is C26H33N3O4. The smallest absolute Gasteiger partial charge is 0.290 e. The quantitative estimate of drug-likeness (QED) is 0.455. The van der Waals surface area contributed by atoms with Crippen LogP contribution in [0.5, 0.6) is 0 Å². The van der Waals surface area contributed by atoms with E-state index in [4.69, 9.17) is 0 Å². The summed E-state index contributed by atoms with van der Waals surface area (Å²) < 4.78 is 0. The molecule has 2 aromatic carbocycles. The van der Waals surface area contributed by atoms with Gasteiger partial charge in [0, 0.05) is 38.4 Å². The Morgan fingerprint density at radius 1 is 0.848 bits per heavy atom. The number of hydrogen-bond acceptors (Lipinski definition) is 4. The van der Waals surface area contributed by atoms with Gasteiger partial charge in [-0.05, 0) is 68.7 Å². The molecule has 3 amide bonds. The van der Waals surface area contributed by atoms with Gasteiger partial charge in [-0.1, -0.05) is 18.2 Å². The fourth-order valence-corrected chi connectivity index (χ4v) is 3.19. The van der Waals surface area contributed by atoms with E-state index in [0.717, 1.165) is 16.7 Å². The van der Waals surface area contributed by atoms with E-state index < -0.39 is 24.0 Å². The first-order valence-electron chi connectivity index (χ1n) is 10.9. The van der Waals surface area contributed by atoms with Crippen molar-refractivity contribution in [3.63, 3.8) is 0 Å². The number of anilines is 1. The van der Waals surface area contributed by atoms with E-state index in [0.29, 0.717) is 11.3 Å². The Morgan fingerprint density at radius 2 is 1.45 bits per heavy atom. The van der Waals surface area contributed by atoms with Crippen LogP contribution >= 0.6 is 0 Å². The fraction of sp³-hybridized carbons (Fsp3) is 0.385. The lowest BCUT2D eigenvalue weighted by molar-refractivity contribution is -0.146. The maximum absolute atomic E-state index is 13.2. The molecule has 0 N–H and O–H groups in total. The van der Waals surface area contributed by atoms with E-state index in [2.05, 4.69) is 0 Å². The summed E-state index contributed by atoms with van der Waals surface area (Å²) in [5.41, 5.74) is 4.17. The molecule has 0 radical (unpaired) electrons. The molecule has 7 nitrogen and oxygen atoms in total. The van der Waals surface area contributed by atoms with Gasteiger partial charge in [-0.3, -0.25) is 19.2 Å². The summed E-state index contributed by atoms with van der Waals surface area (Å²) in [4.78, 5) is 54.6. The normalized spacial score (nSPS) is 10.7. The Hall–Kier alpha value is -3.48. The summed E-state index contributed by atoms with van der Waals surface area (Å²) >= 11 is 0. The highest BCUT2D eigenvalue weighted by atomic mass is 16.2. The molecule has 2 aromatic rings. The molecule has 0 saturated carbocycles. The molecule has 0 fully saturated rings. The van der Waals surface area contributed by atoms with Crippen LogP contribution in [0.2, 0.25) is 0 Å². The molecular weight excluding hydrogens is 418 g/mol. The first-order valence-corrected chi connectivity index (χ1v) is 10.9. The standard InChI is InChI=1S/C26H33N3O4/c1-17(2)28(7)26(33)23(30)15-24(31)29(16-20-9-8-18(3)19(4)14-20)22-12-10-21(11-13-22)25(32)27(5)6/h8-14,17H,15-16H2,1-7H3. The van der Waals surface area contributed by atoms with E-state index in [1.54, 1.807) is 59.3 Å². The van der Waals surface area contributed by atoms with Gasteiger partial charge in [-0.25, -0.2) is 0 Å². The maximum Gasteiger partial charge on any atom is 0.290 e. The number of amides is 3. The lowest BCUT2D eigenvalue weighted by atomic mass is 10.1. The molecule has 0 atom stereocenters. The highest BCUT2D eigenvalue weighted by molar-refractivity contribution is 6.39. The van der Waals surface area contributed by atoms with Gasteiger partial charge >= 0.3 is 0 Å². The van der Waals surface area contributed by atoms with Gasteiger partial charge in [-0.2, -0.15) is 0 Å². The molecule has 0 aliphatic heterocycles. The summed E-state index contributed by atoms with van der Waals surface area (Å²) in [5.74, 6) is -2.06. The first-order chi connectivity index (χ1) is 15.4. The minimum Gasteiger partial charge on any atom is -0.345 e. The lowest BCUT2D eigenvalue weighted by Crippen LogP contribution is -2.41. The summed E-state index contributed by atoms with van der Waals surface area (Å²) in [7, 11) is 4.88. The molecule has 33 heavy (non-hydrogen) atoms. The van der Waals surface area contributed by atoms with Crippen LogP contribution in [0.4, 0.5) is 5.69 Å². The number of carbonyl (C=O) groups excluding carboxylic acids is 4. The number of rotatable bonds is 8. The van der Waals surface area contributed by atoms with Gasteiger partial charge in [0.25, 0.3) is 11.8 Å². The average molecular weight is 452 g/mol. The summed E-state index contributed by atoms with van der Waals surface area (Å²) in [5, 5.41) is 0. The molecule has 0 saturated heterocycles. The van der Waals surface area contributed by atoms with Gasteiger partial charge in [0.1, 0.15) is 0 Å². The zero-order valence-electron chi connectivity index (χ0n) is 20.5. The van der Waals surface area contributed by atoms with Crippen LogP contribution in [0.1, 0.15) is 47.3 Å². The highest BCUT2D eigenvalue weighted by Crippen LogP contribution is 2.21. The topological polar surface area (TPSA) is 78.0 Å².